The Hall–Kier alpha value is -2.35. The van der Waals surface area contributed by atoms with Crippen molar-refractivity contribution in [2.75, 3.05) is 24.5 Å². The van der Waals surface area contributed by atoms with E-state index in [1.807, 2.05) is 0 Å². The summed E-state index contributed by atoms with van der Waals surface area (Å²) in [5.41, 5.74) is 2.45. The van der Waals surface area contributed by atoms with Gasteiger partial charge in [-0.05, 0) is 49.6 Å². The number of carbonyl (C=O) groups excluding carboxylic acids is 1. The van der Waals surface area contributed by atoms with Crippen molar-refractivity contribution in [1.82, 2.24) is 0 Å². The quantitative estimate of drug-likeness (QED) is 0.829. The fourth-order valence-corrected chi connectivity index (χ4v) is 4.70. The number of ketones is 1. The molecule has 2 heterocycles. The van der Waals surface area contributed by atoms with E-state index in [0.29, 0.717) is 13.0 Å². The first-order chi connectivity index (χ1) is 13.6. The number of aliphatic imine (C=N–C) groups is 1. The van der Waals surface area contributed by atoms with Crippen molar-refractivity contribution >= 4 is 17.2 Å². The first kappa shape index (κ1) is 19.9. The molecule has 8 heteroatoms. The molecule has 5 nitrogen and oxygen atoms in total. The van der Waals surface area contributed by atoms with Gasteiger partial charge in [-0.2, -0.15) is 0 Å². The van der Waals surface area contributed by atoms with Gasteiger partial charge in [0.2, 0.25) is 0 Å². The SMILES string of the molecule is CC1(O)CC(=O)CC2=C1C(C1CCN(c3ccc(OC(F)(F)F)cc3)CC1)=NC2. The number of aliphatic hydroxyl groups is 1. The molecule has 0 saturated carbocycles. The molecule has 1 N–H and O–H groups in total. The van der Waals surface area contributed by atoms with Crippen molar-refractivity contribution in [2.45, 2.75) is 44.6 Å². The summed E-state index contributed by atoms with van der Waals surface area (Å²) in [6, 6.07) is 5.91. The normalized spacial score (nSPS) is 25.9. The van der Waals surface area contributed by atoms with Crippen LogP contribution in [0.1, 0.15) is 32.6 Å². The van der Waals surface area contributed by atoms with E-state index < -0.39 is 12.0 Å². The minimum absolute atomic E-state index is 0.0537. The molecular weight excluding hydrogens is 385 g/mol. The van der Waals surface area contributed by atoms with Crippen LogP contribution in [0.3, 0.4) is 0 Å². The maximum Gasteiger partial charge on any atom is 0.573 e. The van der Waals surface area contributed by atoms with Gasteiger partial charge in [-0.15, -0.1) is 13.2 Å². The Labute approximate surface area is 166 Å². The summed E-state index contributed by atoms with van der Waals surface area (Å²) in [6.07, 6.45) is -2.51. The molecule has 2 aliphatic heterocycles. The van der Waals surface area contributed by atoms with E-state index in [-0.39, 0.29) is 23.9 Å². The van der Waals surface area contributed by atoms with Gasteiger partial charge in [-0.25, -0.2) is 0 Å². The smallest absolute Gasteiger partial charge is 0.406 e. The zero-order valence-electron chi connectivity index (χ0n) is 16.1. The largest absolute Gasteiger partial charge is 0.573 e. The van der Waals surface area contributed by atoms with Crippen LogP contribution in [0.5, 0.6) is 5.75 Å². The van der Waals surface area contributed by atoms with Gasteiger partial charge < -0.3 is 14.7 Å². The molecule has 1 aliphatic carbocycles. The lowest BCUT2D eigenvalue weighted by Gasteiger charge is -2.37. The van der Waals surface area contributed by atoms with E-state index in [9.17, 15) is 23.1 Å². The zero-order chi connectivity index (χ0) is 20.8. The molecule has 0 amide bonds. The Morgan fingerprint density at radius 2 is 1.86 bits per heavy atom. The maximum absolute atomic E-state index is 12.3. The number of Topliss-reactive ketones (excluding diaryl/α,β-unsaturated/α-hetero) is 1. The summed E-state index contributed by atoms with van der Waals surface area (Å²) < 4.78 is 40.8. The maximum atomic E-state index is 12.3. The van der Waals surface area contributed by atoms with Crippen LogP contribution < -0.4 is 9.64 Å². The van der Waals surface area contributed by atoms with E-state index in [0.717, 1.165) is 48.5 Å². The minimum atomic E-state index is -4.69. The van der Waals surface area contributed by atoms with E-state index in [2.05, 4.69) is 14.6 Å². The average Bonchev–Trinajstić information content (AvgIpc) is 3.05. The standard InChI is InChI=1S/C21H23F3N2O3/c1-20(28)11-16(27)10-14-12-25-19(18(14)20)13-6-8-26(9-7-13)15-2-4-17(5-3-15)29-21(22,23)24/h2-5,13,28H,6-12H2,1H3. The Kier molecular flexibility index (Phi) is 4.93. The number of halogens is 3. The van der Waals surface area contributed by atoms with Crippen LogP contribution in [-0.2, 0) is 4.79 Å². The second-order valence-electron chi connectivity index (χ2n) is 8.15. The van der Waals surface area contributed by atoms with Gasteiger partial charge in [0, 0.05) is 48.8 Å². The Morgan fingerprint density at radius 1 is 1.21 bits per heavy atom. The van der Waals surface area contributed by atoms with Crippen LogP contribution in [0.15, 0.2) is 40.4 Å². The molecule has 3 aliphatic rings. The van der Waals surface area contributed by atoms with Crippen LogP contribution in [0.2, 0.25) is 0 Å². The number of alkyl halides is 3. The van der Waals surface area contributed by atoms with E-state index in [4.69, 9.17) is 0 Å². The minimum Gasteiger partial charge on any atom is -0.406 e. The van der Waals surface area contributed by atoms with Crippen LogP contribution in [0.25, 0.3) is 0 Å². The first-order valence-corrected chi connectivity index (χ1v) is 9.74. The number of carbonyl (C=O) groups is 1. The lowest BCUT2D eigenvalue weighted by atomic mass is 9.74. The van der Waals surface area contributed by atoms with Crippen molar-refractivity contribution < 1.29 is 27.8 Å². The number of piperidine rings is 1. The van der Waals surface area contributed by atoms with Gasteiger partial charge in [0.05, 0.1) is 12.1 Å². The molecule has 156 valence electrons. The van der Waals surface area contributed by atoms with E-state index in [1.54, 1.807) is 19.1 Å². The summed E-state index contributed by atoms with van der Waals surface area (Å²) in [7, 11) is 0. The fourth-order valence-electron chi connectivity index (χ4n) is 4.70. The zero-order valence-corrected chi connectivity index (χ0v) is 16.1. The lowest BCUT2D eigenvalue weighted by Crippen LogP contribution is -2.42. The number of rotatable bonds is 3. The monoisotopic (exact) mass is 408 g/mol. The summed E-state index contributed by atoms with van der Waals surface area (Å²) in [4.78, 5) is 18.7. The third-order valence-electron chi connectivity index (χ3n) is 5.86. The number of hydrogen-bond donors (Lipinski definition) is 1. The predicted octanol–water partition coefficient (Wildman–Crippen LogP) is 3.67. The predicted molar refractivity (Wildman–Crippen MR) is 102 cm³/mol. The summed E-state index contributed by atoms with van der Waals surface area (Å²) >= 11 is 0. The van der Waals surface area contributed by atoms with Crippen LogP contribution in [0.4, 0.5) is 18.9 Å². The summed E-state index contributed by atoms with van der Waals surface area (Å²) in [5, 5.41) is 10.8. The van der Waals surface area contributed by atoms with E-state index in [1.165, 1.54) is 12.1 Å². The molecule has 0 aromatic heterocycles. The molecule has 0 radical (unpaired) electrons. The summed E-state index contributed by atoms with van der Waals surface area (Å²) in [6.45, 7) is 3.67. The number of benzene rings is 1. The highest BCUT2D eigenvalue weighted by Crippen LogP contribution is 2.40. The van der Waals surface area contributed by atoms with Crippen molar-refractivity contribution in [1.29, 1.82) is 0 Å². The molecule has 1 atom stereocenters. The molecule has 4 rings (SSSR count). The first-order valence-electron chi connectivity index (χ1n) is 9.74. The van der Waals surface area contributed by atoms with Gasteiger partial charge in [-0.1, -0.05) is 0 Å². The molecule has 0 spiro atoms. The van der Waals surface area contributed by atoms with Crippen LogP contribution >= 0.6 is 0 Å². The average molecular weight is 408 g/mol. The van der Waals surface area contributed by atoms with Gasteiger partial charge in [-0.3, -0.25) is 9.79 Å². The Morgan fingerprint density at radius 3 is 2.48 bits per heavy atom. The fraction of sp³-hybridized carbons (Fsp3) is 0.524. The number of nitrogens with zero attached hydrogens (tertiary/aromatic N) is 2. The van der Waals surface area contributed by atoms with Gasteiger partial charge in [0.1, 0.15) is 11.5 Å². The second-order valence-corrected chi connectivity index (χ2v) is 8.15. The molecular formula is C21H23F3N2O3. The molecule has 1 aromatic carbocycles. The number of ether oxygens (including phenoxy) is 1. The van der Waals surface area contributed by atoms with E-state index >= 15 is 0 Å². The third kappa shape index (κ3) is 4.17. The Bertz CT molecular complexity index is 864. The molecule has 0 bridgehead atoms. The highest BCUT2D eigenvalue weighted by molar-refractivity contribution is 6.08. The van der Waals surface area contributed by atoms with Crippen LogP contribution in [0, 0.1) is 5.92 Å². The summed E-state index contributed by atoms with van der Waals surface area (Å²) in [5.74, 6) is 0.0363. The molecule has 1 saturated heterocycles. The topological polar surface area (TPSA) is 62.1 Å². The molecule has 1 unspecified atom stereocenters. The third-order valence-corrected chi connectivity index (χ3v) is 5.86. The lowest BCUT2D eigenvalue weighted by molar-refractivity contribution is -0.274. The van der Waals surface area contributed by atoms with Crippen LogP contribution in [-0.4, -0.2) is 48.2 Å². The van der Waals surface area contributed by atoms with Gasteiger partial charge >= 0.3 is 6.36 Å². The molecule has 1 fully saturated rings. The van der Waals surface area contributed by atoms with Gasteiger partial charge in [0.15, 0.2) is 0 Å². The number of hydrogen-bond acceptors (Lipinski definition) is 5. The van der Waals surface area contributed by atoms with Crippen molar-refractivity contribution in [3.63, 3.8) is 0 Å². The highest BCUT2D eigenvalue weighted by Gasteiger charge is 2.43. The van der Waals surface area contributed by atoms with Crippen molar-refractivity contribution in [3.05, 3.63) is 35.4 Å². The second kappa shape index (κ2) is 7.16. The molecule has 1 aromatic rings. The van der Waals surface area contributed by atoms with Gasteiger partial charge in [0.25, 0.3) is 0 Å². The van der Waals surface area contributed by atoms with Crippen molar-refractivity contribution in [2.24, 2.45) is 10.9 Å². The number of anilines is 1. The van der Waals surface area contributed by atoms with Crippen molar-refractivity contribution in [3.8, 4) is 5.75 Å². The molecule has 29 heavy (non-hydrogen) atoms. The highest BCUT2D eigenvalue weighted by atomic mass is 19.4. The Balaban J connectivity index is 1.41.